The first-order chi connectivity index (χ1) is 9.51. The fraction of sp³-hybridized carbons (Fsp3) is 0.533. The Morgan fingerprint density at radius 2 is 2.29 bits per heavy atom. The van der Waals surface area contributed by atoms with Crippen LogP contribution in [0.15, 0.2) is 18.2 Å². The third kappa shape index (κ3) is 4.50. The Morgan fingerprint density at radius 1 is 1.57 bits per heavy atom. The second-order valence-electron chi connectivity index (χ2n) is 5.34. The molecule has 2 atom stereocenters. The molecule has 118 valence electrons. The average Bonchev–Trinajstić information content (AvgIpc) is 2.89. The van der Waals surface area contributed by atoms with E-state index in [2.05, 4.69) is 0 Å². The van der Waals surface area contributed by atoms with Crippen LogP contribution in [0.25, 0.3) is 0 Å². The third-order valence-electron chi connectivity index (χ3n) is 3.72. The topological polar surface area (TPSA) is 55.6 Å². The molecule has 0 aliphatic carbocycles. The second kappa shape index (κ2) is 7.87. The Labute approximate surface area is 137 Å². The summed E-state index contributed by atoms with van der Waals surface area (Å²) in [7, 11) is 0. The molecule has 0 bridgehead atoms. The van der Waals surface area contributed by atoms with Crippen molar-refractivity contribution in [3.63, 3.8) is 0 Å². The van der Waals surface area contributed by atoms with Gasteiger partial charge < -0.3 is 15.4 Å². The Bertz CT molecular complexity index is 497. The molecule has 1 aliphatic rings. The van der Waals surface area contributed by atoms with Gasteiger partial charge in [-0.25, -0.2) is 0 Å². The van der Waals surface area contributed by atoms with E-state index in [4.69, 9.17) is 22.1 Å². The van der Waals surface area contributed by atoms with Gasteiger partial charge in [0.2, 0.25) is 0 Å². The summed E-state index contributed by atoms with van der Waals surface area (Å²) in [6.07, 6.45) is 0.487. The standard InChI is InChI=1S/C15H21ClN2O2.ClH/c1-10-7-13(16)3-4-14(10)20-11(2)15(19)18-6-5-12(8-17)9-18;/h3-4,7,11-12H,5-6,8-9,17H2,1-2H3;1H. The van der Waals surface area contributed by atoms with E-state index in [1.165, 1.54) is 0 Å². The first-order valence-electron chi connectivity index (χ1n) is 6.93. The summed E-state index contributed by atoms with van der Waals surface area (Å²) in [5, 5.41) is 0.666. The number of amides is 1. The predicted octanol–water partition coefficient (Wildman–Crippen LogP) is 2.64. The van der Waals surface area contributed by atoms with Crippen molar-refractivity contribution in [2.45, 2.75) is 26.4 Å². The lowest BCUT2D eigenvalue weighted by molar-refractivity contribution is -0.137. The fourth-order valence-corrected chi connectivity index (χ4v) is 2.69. The highest BCUT2D eigenvalue weighted by atomic mass is 35.5. The number of carbonyl (C=O) groups excluding carboxylic acids is 1. The summed E-state index contributed by atoms with van der Waals surface area (Å²) in [6.45, 7) is 5.84. The van der Waals surface area contributed by atoms with E-state index >= 15 is 0 Å². The molecule has 0 spiro atoms. The maximum Gasteiger partial charge on any atom is 0.263 e. The number of rotatable bonds is 4. The zero-order valence-corrected chi connectivity index (χ0v) is 13.9. The van der Waals surface area contributed by atoms with Crippen molar-refractivity contribution in [2.75, 3.05) is 19.6 Å². The van der Waals surface area contributed by atoms with Crippen LogP contribution in [0.1, 0.15) is 18.9 Å². The van der Waals surface area contributed by atoms with E-state index in [9.17, 15) is 4.79 Å². The highest BCUT2D eigenvalue weighted by Crippen LogP contribution is 2.24. The molecule has 2 unspecified atom stereocenters. The smallest absolute Gasteiger partial charge is 0.263 e. The number of hydrogen-bond donors (Lipinski definition) is 1. The van der Waals surface area contributed by atoms with Gasteiger partial charge in [0.15, 0.2) is 6.10 Å². The van der Waals surface area contributed by atoms with E-state index < -0.39 is 6.10 Å². The van der Waals surface area contributed by atoms with E-state index in [1.807, 2.05) is 17.9 Å². The first-order valence-corrected chi connectivity index (χ1v) is 7.30. The van der Waals surface area contributed by atoms with Crippen molar-refractivity contribution in [3.8, 4) is 5.75 Å². The van der Waals surface area contributed by atoms with Crippen molar-refractivity contribution < 1.29 is 9.53 Å². The largest absolute Gasteiger partial charge is 0.481 e. The number of halogens is 2. The number of likely N-dealkylation sites (tertiary alicyclic amines) is 1. The highest BCUT2D eigenvalue weighted by Gasteiger charge is 2.29. The lowest BCUT2D eigenvalue weighted by Gasteiger charge is -2.22. The molecule has 1 aromatic rings. The van der Waals surface area contributed by atoms with Crippen LogP contribution >= 0.6 is 24.0 Å². The predicted molar refractivity (Wildman–Crippen MR) is 87.3 cm³/mol. The Kier molecular flexibility index (Phi) is 6.78. The summed E-state index contributed by atoms with van der Waals surface area (Å²) >= 11 is 5.91. The van der Waals surface area contributed by atoms with Crippen LogP contribution in [0, 0.1) is 12.8 Å². The molecule has 6 heteroatoms. The second-order valence-corrected chi connectivity index (χ2v) is 5.78. The Balaban J connectivity index is 0.00000220. The van der Waals surface area contributed by atoms with Gasteiger partial charge in [0, 0.05) is 18.1 Å². The van der Waals surface area contributed by atoms with E-state index in [-0.39, 0.29) is 18.3 Å². The number of aryl methyl sites for hydroxylation is 1. The molecule has 2 N–H and O–H groups in total. The van der Waals surface area contributed by atoms with Gasteiger partial charge in [-0.3, -0.25) is 4.79 Å². The van der Waals surface area contributed by atoms with Gasteiger partial charge in [-0.2, -0.15) is 0 Å². The molecule has 1 heterocycles. The van der Waals surface area contributed by atoms with Gasteiger partial charge in [-0.15, -0.1) is 12.4 Å². The molecule has 2 rings (SSSR count). The number of hydrogen-bond acceptors (Lipinski definition) is 3. The van der Waals surface area contributed by atoms with Gasteiger partial charge in [-0.05, 0) is 56.5 Å². The van der Waals surface area contributed by atoms with Crippen LogP contribution < -0.4 is 10.5 Å². The monoisotopic (exact) mass is 332 g/mol. The minimum atomic E-state index is -0.494. The van der Waals surface area contributed by atoms with Crippen molar-refractivity contribution in [2.24, 2.45) is 11.7 Å². The fourth-order valence-electron chi connectivity index (χ4n) is 2.47. The summed E-state index contributed by atoms with van der Waals surface area (Å²) in [5.74, 6) is 1.14. The molecule has 21 heavy (non-hydrogen) atoms. The first kappa shape index (κ1) is 18.1. The van der Waals surface area contributed by atoms with Crippen LogP contribution in [-0.2, 0) is 4.79 Å². The number of nitrogens with zero attached hydrogens (tertiary/aromatic N) is 1. The van der Waals surface area contributed by atoms with Gasteiger partial charge >= 0.3 is 0 Å². The molecular formula is C15H22Cl2N2O2. The maximum absolute atomic E-state index is 12.3. The molecule has 1 amide bonds. The minimum Gasteiger partial charge on any atom is -0.481 e. The Hall–Kier alpha value is -0.970. The van der Waals surface area contributed by atoms with Crippen molar-refractivity contribution in [1.29, 1.82) is 0 Å². The summed E-state index contributed by atoms with van der Waals surface area (Å²) in [5.41, 5.74) is 6.58. The van der Waals surface area contributed by atoms with Crippen LogP contribution in [0.4, 0.5) is 0 Å². The lowest BCUT2D eigenvalue weighted by Crippen LogP contribution is -2.39. The molecule has 0 radical (unpaired) electrons. The molecular weight excluding hydrogens is 311 g/mol. The van der Waals surface area contributed by atoms with Crippen LogP contribution in [-0.4, -0.2) is 36.5 Å². The normalized spacial score (nSPS) is 19.0. The zero-order chi connectivity index (χ0) is 14.7. The zero-order valence-electron chi connectivity index (χ0n) is 12.3. The van der Waals surface area contributed by atoms with Crippen LogP contribution in [0.3, 0.4) is 0 Å². The average molecular weight is 333 g/mol. The number of ether oxygens (including phenoxy) is 1. The molecule has 4 nitrogen and oxygen atoms in total. The van der Waals surface area contributed by atoms with Crippen LogP contribution in [0.5, 0.6) is 5.75 Å². The van der Waals surface area contributed by atoms with E-state index in [0.717, 1.165) is 25.1 Å². The number of benzene rings is 1. The third-order valence-corrected chi connectivity index (χ3v) is 3.95. The number of nitrogens with two attached hydrogens (primary N) is 1. The maximum atomic E-state index is 12.3. The number of carbonyl (C=O) groups is 1. The molecule has 1 aliphatic heterocycles. The molecule has 1 fully saturated rings. The van der Waals surface area contributed by atoms with Crippen molar-refractivity contribution in [3.05, 3.63) is 28.8 Å². The molecule has 1 saturated heterocycles. The van der Waals surface area contributed by atoms with Crippen LogP contribution in [0.2, 0.25) is 5.02 Å². The van der Waals surface area contributed by atoms with Gasteiger partial charge in [-0.1, -0.05) is 11.6 Å². The van der Waals surface area contributed by atoms with Gasteiger partial charge in [0.1, 0.15) is 5.75 Å². The SMILES string of the molecule is Cc1cc(Cl)ccc1OC(C)C(=O)N1CCC(CN)C1.Cl. The van der Waals surface area contributed by atoms with Gasteiger partial charge in [0.05, 0.1) is 0 Å². The summed E-state index contributed by atoms with van der Waals surface area (Å²) in [4.78, 5) is 14.2. The molecule has 0 saturated carbocycles. The quantitative estimate of drug-likeness (QED) is 0.922. The Morgan fingerprint density at radius 3 is 2.86 bits per heavy atom. The highest BCUT2D eigenvalue weighted by molar-refractivity contribution is 6.30. The van der Waals surface area contributed by atoms with Gasteiger partial charge in [0.25, 0.3) is 5.91 Å². The van der Waals surface area contributed by atoms with Crippen molar-refractivity contribution in [1.82, 2.24) is 4.90 Å². The summed E-state index contributed by atoms with van der Waals surface area (Å²) < 4.78 is 5.76. The molecule has 0 aromatic heterocycles. The van der Waals surface area contributed by atoms with E-state index in [0.29, 0.717) is 23.2 Å². The minimum absolute atomic E-state index is 0. The molecule has 1 aromatic carbocycles. The lowest BCUT2D eigenvalue weighted by atomic mass is 10.1. The summed E-state index contributed by atoms with van der Waals surface area (Å²) in [6, 6.07) is 5.39. The van der Waals surface area contributed by atoms with Crippen molar-refractivity contribution >= 4 is 29.9 Å². The van der Waals surface area contributed by atoms with E-state index in [1.54, 1.807) is 19.1 Å².